The molecule has 3 nitrogen and oxygen atoms in total. The molecule has 0 bridgehead atoms. The summed E-state index contributed by atoms with van der Waals surface area (Å²) in [6.45, 7) is 2.93. The van der Waals surface area contributed by atoms with E-state index in [1.54, 1.807) is 10.7 Å². The van der Waals surface area contributed by atoms with Crippen molar-refractivity contribution in [2.24, 2.45) is 7.05 Å². The second-order valence-electron chi connectivity index (χ2n) is 4.47. The van der Waals surface area contributed by atoms with Crippen molar-refractivity contribution in [2.75, 3.05) is 6.54 Å². The molecule has 0 aliphatic rings. The molecule has 0 aliphatic heterocycles. The Bertz CT molecular complexity index is 553. The molecule has 102 valence electrons. The van der Waals surface area contributed by atoms with Gasteiger partial charge in [0.2, 0.25) is 0 Å². The molecule has 0 saturated carbocycles. The van der Waals surface area contributed by atoms with Crippen LogP contribution >= 0.6 is 11.6 Å². The summed E-state index contributed by atoms with van der Waals surface area (Å²) in [5.41, 5.74) is 1.70. The zero-order valence-corrected chi connectivity index (χ0v) is 11.8. The Balaban J connectivity index is 2.33. The zero-order chi connectivity index (χ0) is 13.8. The first-order valence-corrected chi connectivity index (χ1v) is 6.67. The molecule has 1 heterocycles. The number of rotatable bonds is 5. The lowest BCUT2D eigenvalue weighted by Crippen LogP contribution is -2.24. The average molecular weight is 282 g/mol. The van der Waals surface area contributed by atoms with Gasteiger partial charge >= 0.3 is 0 Å². The van der Waals surface area contributed by atoms with Gasteiger partial charge in [0.15, 0.2) is 0 Å². The van der Waals surface area contributed by atoms with E-state index in [-0.39, 0.29) is 11.1 Å². The topological polar surface area (TPSA) is 29.9 Å². The molecule has 1 atom stereocenters. The van der Waals surface area contributed by atoms with E-state index in [1.807, 2.05) is 25.4 Å². The van der Waals surface area contributed by atoms with Crippen LogP contribution < -0.4 is 5.32 Å². The van der Waals surface area contributed by atoms with Gasteiger partial charge in [0.25, 0.3) is 0 Å². The van der Waals surface area contributed by atoms with E-state index in [2.05, 4.69) is 17.3 Å². The van der Waals surface area contributed by atoms with E-state index in [4.69, 9.17) is 11.6 Å². The molecule has 1 aromatic heterocycles. The van der Waals surface area contributed by atoms with Crippen molar-refractivity contribution in [3.05, 3.63) is 52.6 Å². The molecule has 19 heavy (non-hydrogen) atoms. The van der Waals surface area contributed by atoms with Gasteiger partial charge < -0.3 is 5.32 Å². The molecule has 0 spiro atoms. The van der Waals surface area contributed by atoms with Crippen LogP contribution in [0.3, 0.4) is 0 Å². The summed E-state index contributed by atoms with van der Waals surface area (Å²) >= 11 is 5.72. The van der Waals surface area contributed by atoms with E-state index in [1.165, 1.54) is 6.07 Å². The second-order valence-corrected chi connectivity index (χ2v) is 4.88. The molecule has 0 radical (unpaired) electrons. The van der Waals surface area contributed by atoms with Gasteiger partial charge in [-0.2, -0.15) is 5.10 Å². The van der Waals surface area contributed by atoms with Crippen molar-refractivity contribution in [1.29, 1.82) is 0 Å². The van der Waals surface area contributed by atoms with E-state index < -0.39 is 5.82 Å². The summed E-state index contributed by atoms with van der Waals surface area (Å²) < 4.78 is 15.3. The van der Waals surface area contributed by atoms with Crippen molar-refractivity contribution in [1.82, 2.24) is 15.1 Å². The lowest BCUT2D eigenvalue weighted by molar-refractivity contribution is 0.567. The molecule has 2 aromatic rings. The lowest BCUT2D eigenvalue weighted by atomic mass is 10.0. The number of hydrogen-bond donors (Lipinski definition) is 1. The first kappa shape index (κ1) is 14.0. The van der Waals surface area contributed by atoms with Gasteiger partial charge in [0, 0.05) is 13.2 Å². The standard InChI is InChI=1S/C14H17ClFN3/c1-3-7-17-14(13-6-8-19(2)18-13)10-4-5-11(15)12(16)9-10/h4-6,8-9,14,17H,3,7H2,1-2H3. The normalized spacial score (nSPS) is 12.6. The highest BCUT2D eigenvalue weighted by molar-refractivity contribution is 6.30. The van der Waals surface area contributed by atoms with Gasteiger partial charge in [0.1, 0.15) is 5.82 Å². The Morgan fingerprint density at radius 3 is 2.79 bits per heavy atom. The van der Waals surface area contributed by atoms with Crippen LogP contribution in [0.15, 0.2) is 30.5 Å². The fraction of sp³-hybridized carbons (Fsp3) is 0.357. The average Bonchev–Trinajstić information content (AvgIpc) is 2.80. The maximum absolute atomic E-state index is 13.6. The fourth-order valence-corrected chi connectivity index (χ4v) is 2.08. The highest BCUT2D eigenvalue weighted by atomic mass is 35.5. The summed E-state index contributed by atoms with van der Waals surface area (Å²) in [5, 5.41) is 7.91. The van der Waals surface area contributed by atoms with Crippen LogP contribution in [0.5, 0.6) is 0 Å². The maximum atomic E-state index is 13.6. The monoisotopic (exact) mass is 281 g/mol. The van der Waals surface area contributed by atoms with E-state index in [0.717, 1.165) is 24.2 Å². The Kier molecular flexibility index (Phi) is 4.56. The van der Waals surface area contributed by atoms with Crippen LogP contribution in [-0.4, -0.2) is 16.3 Å². The van der Waals surface area contributed by atoms with Crippen LogP contribution in [0, 0.1) is 5.82 Å². The van der Waals surface area contributed by atoms with Gasteiger partial charge in [-0.05, 0) is 36.7 Å². The predicted octanol–water partition coefficient (Wildman–Crippen LogP) is 3.30. The summed E-state index contributed by atoms with van der Waals surface area (Å²) in [5.74, 6) is -0.404. The summed E-state index contributed by atoms with van der Waals surface area (Å²) in [7, 11) is 1.86. The molecule has 0 fully saturated rings. The number of aromatic nitrogens is 2. The third kappa shape index (κ3) is 3.33. The van der Waals surface area contributed by atoms with Crippen LogP contribution in [0.1, 0.15) is 30.6 Å². The zero-order valence-electron chi connectivity index (χ0n) is 11.0. The minimum Gasteiger partial charge on any atom is -0.305 e. The second kappa shape index (κ2) is 6.17. The van der Waals surface area contributed by atoms with E-state index in [9.17, 15) is 4.39 Å². The number of halogens is 2. The van der Waals surface area contributed by atoms with Gasteiger partial charge in [-0.15, -0.1) is 0 Å². The molecule has 0 saturated heterocycles. The molecule has 0 amide bonds. The number of aryl methyl sites for hydroxylation is 1. The summed E-state index contributed by atoms with van der Waals surface area (Å²) in [6.07, 6.45) is 2.88. The molecule has 5 heteroatoms. The predicted molar refractivity (Wildman–Crippen MR) is 74.8 cm³/mol. The van der Waals surface area contributed by atoms with Crippen molar-refractivity contribution in [3.8, 4) is 0 Å². The van der Waals surface area contributed by atoms with Gasteiger partial charge in [-0.1, -0.05) is 24.6 Å². The van der Waals surface area contributed by atoms with Crippen molar-refractivity contribution in [2.45, 2.75) is 19.4 Å². The van der Waals surface area contributed by atoms with E-state index >= 15 is 0 Å². The molecule has 1 N–H and O–H groups in total. The van der Waals surface area contributed by atoms with Gasteiger partial charge in [-0.3, -0.25) is 4.68 Å². The smallest absolute Gasteiger partial charge is 0.142 e. The first-order valence-electron chi connectivity index (χ1n) is 6.29. The van der Waals surface area contributed by atoms with E-state index in [0.29, 0.717) is 0 Å². The highest BCUT2D eigenvalue weighted by Crippen LogP contribution is 2.24. The highest BCUT2D eigenvalue weighted by Gasteiger charge is 2.17. The third-order valence-electron chi connectivity index (χ3n) is 2.91. The molecular weight excluding hydrogens is 265 g/mol. The Morgan fingerprint density at radius 2 is 2.21 bits per heavy atom. The number of hydrogen-bond acceptors (Lipinski definition) is 2. The molecule has 1 unspecified atom stereocenters. The van der Waals surface area contributed by atoms with Crippen molar-refractivity contribution >= 4 is 11.6 Å². The number of benzene rings is 1. The molecular formula is C14H17ClFN3. The summed E-state index contributed by atoms with van der Waals surface area (Å²) in [6, 6.07) is 6.68. The third-order valence-corrected chi connectivity index (χ3v) is 3.21. The largest absolute Gasteiger partial charge is 0.305 e. The lowest BCUT2D eigenvalue weighted by Gasteiger charge is -2.17. The maximum Gasteiger partial charge on any atom is 0.142 e. The Hall–Kier alpha value is -1.39. The Labute approximate surface area is 117 Å². The number of nitrogens with zero attached hydrogens (tertiary/aromatic N) is 2. The molecule has 2 rings (SSSR count). The molecule has 0 aliphatic carbocycles. The minimum atomic E-state index is -0.404. The van der Waals surface area contributed by atoms with Crippen LogP contribution in [0.2, 0.25) is 5.02 Å². The van der Waals surface area contributed by atoms with Gasteiger partial charge in [0.05, 0.1) is 16.8 Å². The first-order chi connectivity index (χ1) is 9.11. The van der Waals surface area contributed by atoms with Crippen molar-refractivity contribution in [3.63, 3.8) is 0 Å². The van der Waals surface area contributed by atoms with Crippen LogP contribution in [-0.2, 0) is 7.05 Å². The van der Waals surface area contributed by atoms with Gasteiger partial charge in [-0.25, -0.2) is 4.39 Å². The summed E-state index contributed by atoms with van der Waals surface area (Å²) in [4.78, 5) is 0. The minimum absolute atomic E-state index is 0.118. The van der Waals surface area contributed by atoms with Crippen LogP contribution in [0.25, 0.3) is 0 Å². The van der Waals surface area contributed by atoms with Crippen LogP contribution in [0.4, 0.5) is 4.39 Å². The van der Waals surface area contributed by atoms with Crippen molar-refractivity contribution < 1.29 is 4.39 Å². The number of nitrogens with one attached hydrogen (secondary N) is 1. The quantitative estimate of drug-likeness (QED) is 0.911. The fourth-order valence-electron chi connectivity index (χ4n) is 1.96. The SMILES string of the molecule is CCCNC(c1ccc(Cl)c(F)c1)c1ccn(C)n1. The molecule has 1 aromatic carbocycles. The Morgan fingerprint density at radius 1 is 1.42 bits per heavy atom.